The van der Waals surface area contributed by atoms with Crippen LogP contribution < -0.4 is 10.1 Å². The van der Waals surface area contributed by atoms with Crippen molar-refractivity contribution in [1.29, 1.82) is 0 Å². The molecule has 2 N–H and O–H groups in total. The lowest BCUT2D eigenvalue weighted by Gasteiger charge is -2.07. The maximum atomic E-state index is 12.0. The summed E-state index contributed by atoms with van der Waals surface area (Å²) >= 11 is 1.25. The van der Waals surface area contributed by atoms with E-state index in [1.165, 1.54) is 11.8 Å². The Morgan fingerprint density at radius 3 is 2.96 bits per heavy atom. The Kier molecular flexibility index (Phi) is 6.62. The number of carbonyl (C=O) groups excluding carboxylic acids is 1. The summed E-state index contributed by atoms with van der Waals surface area (Å²) < 4.78 is 10.4. The summed E-state index contributed by atoms with van der Waals surface area (Å²) in [6.07, 6.45) is 0. The summed E-state index contributed by atoms with van der Waals surface area (Å²) in [5, 5.41) is 15.0. The number of thioether (sulfide) groups is 1. The van der Waals surface area contributed by atoms with Gasteiger partial charge in [-0.15, -0.1) is 11.8 Å². The van der Waals surface area contributed by atoms with E-state index in [0.717, 1.165) is 0 Å². The van der Waals surface area contributed by atoms with Crippen molar-refractivity contribution < 1.29 is 24.0 Å². The third kappa shape index (κ3) is 5.92. The Hall–Kier alpha value is -2.55. The second-order valence-corrected chi connectivity index (χ2v) is 5.85. The first kappa shape index (κ1) is 17.8. The fraction of sp³-hybridized carbons (Fsp3) is 0.333. The highest BCUT2D eigenvalue weighted by molar-refractivity contribution is 7.99. The lowest BCUT2D eigenvalue weighted by atomic mass is 10.2. The number of carboxylic acids is 1. The van der Waals surface area contributed by atoms with E-state index in [9.17, 15) is 9.59 Å². The Labute approximate surface area is 142 Å². The topological polar surface area (TPSA) is 115 Å². The van der Waals surface area contributed by atoms with Crippen molar-refractivity contribution in [2.45, 2.75) is 13.5 Å². The Bertz CT molecular complexity index is 704. The average molecular weight is 351 g/mol. The van der Waals surface area contributed by atoms with Gasteiger partial charge in [-0.05, 0) is 18.2 Å². The highest BCUT2D eigenvalue weighted by Crippen LogP contribution is 2.14. The summed E-state index contributed by atoms with van der Waals surface area (Å²) in [5.41, 5.74) is 0.458. The Morgan fingerprint density at radius 2 is 2.25 bits per heavy atom. The SMILES string of the molecule is Cc1nc(COc2cccc(C(=O)NCCSCC(=O)O)c2)no1. The van der Waals surface area contributed by atoms with Crippen molar-refractivity contribution >= 4 is 23.6 Å². The van der Waals surface area contributed by atoms with E-state index >= 15 is 0 Å². The van der Waals surface area contributed by atoms with Gasteiger partial charge < -0.3 is 19.7 Å². The molecule has 0 saturated carbocycles. The van der Waals surface area contributed by atoms with Crippen molar-refractivity contribution in [1.82, 2.24) is 15.5 Å². The zero-order chi connectivity index (χ0) is 17.4. The van der Waals surface area contributed by atoms with Gasteiger partial charge in [0, 0.05) is 24.8 Å². The quantitative estimate of drug-likeness (QED) is 0.653. The summed E-state index contributed by atoms with van der Waals surface area (Å²) in [6.45, 7) is 2.23. The van der Waals surface area contributed by atoms with Gasteiger partial charge >= 0.3 is 5.97 Å². The van der Waals surface area contributed by atoms with Crippen molar-refractivity contribution in [2.24, 2.45) is 0 Å². The van der Waals surface area contributed by atoms with E-state index in [0.29, 0.717) is 35.3 Å². The number of carbonyl (C=O) groups is 2. The molecule has 0 aliphatic carbocycles. The van der Waals surface area contributed by atoms with Crippen LogP contribution in [0.3, 0.4) is 0 Å². The molecule has 0 spiro atoms. The summed E-state index contributed by atoms with van der Waals surface area (Å²) in [5.74, 6) is 0.852. The molecule has 0 atom stereocenters. The number of ether oxygens (including phenoxy) is 1. The fourth-order valence-electron chi connectivity index (χ4n) is 1.77. The number of aryl methyl sites for hydroxylation is 1. The molecule has 2 aromatic rings. The van der Waals surface area contributed by atoms with Crippen molar-refractivity contribution in [2.75, 3.05) is 18.1 Å². The molecular formula is C15H17N3O5S. The number of hydrogen-bond donors (Lipinski definition) is 2. The first-order valence-electron chi connectivity index (χ1n) is 7.14. The second-order valence-electron chi connectivity index (χ2n) is 4.75. The van der Waals surface area contributed by atoms with Gasteiger partial charge in [0.25, 0.3) is 5.91 Å². The van der Waals surface area contributed by atoms with Crippen LogP contribution in [-0.4, -0.2) is 45.2 Å². The molecule has 0 unspecified atom stereocenters. The Balaban J connectivity index is 1.80. The van der Waals surface area contributed by atoms with Crippen LogP contribution in [0.25, 0.3) is 0 Å². The van der Waals surface area contributed by atoms with Crippen LogP contribution >= 0.6 is 11.8 Å². The molecule has 1 heterocycles. The molecule has 0 saturated heterocycles. The molecule has 128 valence electrons. The van der Waals surface area contributed by atoms with E-state index in [4.69, 9.17) is 14.4 Å². The largest absolute Gasteiger partial charge is 0.485 e. The van der Waals surface area contributed by atoms with Gasteiger partial charge in [0.15, 0.2) is 6.61 Å². The van der Waals surface area contributed by atoms with E-state index < -0.39 is 5.97 Å². The van der Waals surface area contributed by atoms with Crippen LogP contribution in [0.1, 0.15) is 22.1 Å². The summed E-state index contributed by atoms with van der Waals surface area (Å²) in [4.78, 5) is 26.5. The summed E-state index contributed by atoms with van der Waals surface area (Å²) in [6, 6.07) is 6.73. The Morgan fingerprint density at radius 1 is 1.42 bits per heavy atom. The minimum atomic E-state index is -0.868. The number of nitrogens with one attached hydrogen (secondary N) is 1. The number of hydrogen-bond acceptors (Lipinski definition) is 7. The number of aromatic nitrogens is 2. The minimum absolute atomic E-state index is 0.0226. The molecule has 0 radical (unpaired) electrons. The van der Waals surface area contributed by atoms with Crippen molar-refractivity contribution in [3.8, 4) is 5.75 Å². The molecule has 8 nitrogen and oxygen atoms in total. The number of amides is 1. The summed E-state index contributed by atoms with van der Waals surface area (Å²) in [7, 11) is 0. The van der Waals surface area contributed by atoms with E-state index in [1.54, 1.807) is 31.2 Å². The van der Waals surface area contributed by atoms with Crippen LogP contribution in [0.2, 0.25) is 0 Å². The number of carboxylic acid groups (broad SMARTS) is 1. The highest BCUT2D eigenvalue weighted by Gasteiger charge is 2.08. The van der Waals surface area contributed by atoms with Gasteiger partial charge in [0.2, 0.25) is 11.7 Å². The first-order valence-corrected chi connectivity index (χ1v) is 8.30. The molecule has 0 aliphatic rings. The lowest BCUT2D eigenvalue weighted by Crippen LogP contribution is -2.26. The molecule has 1 aromatic heterocycles. The normalized spacial score (nSPS) is 10.4. The van der Waals surface area contributed by atoms with Crippen molar-refractivity contribution in [3.05, 3.63) is 41.5 Å². The number of benzene rings is 1. The van der Waals surface area contributed by atoms with E-state index in [1.807, 2.05) is 0 Å². The van der Waals surface area contributed by atoms with E-state index in [2.05, 4.69) is 15.5 Å². The van der Waals surface area contributed by atoms with Gasteiger partial charge in [-0.3, -0.25) is 9.59 Å². The molecule has 9 heteroatoms. The molecule has 0 bridgehead atoms. The maximum Gasteiger partial charge on any atom is 0.313 e. The third-order valence-electron chi connectivity index (χ3n) is 2.79. The fourth-order valence-corrected chi connectivity index (χ4v) is 2.34. The molecule has 2 rings (SSSR count). The zero-order valence-electron chi connectivity index (χ0n) is 13.0. The van der Waals surface area contributed by atoms with Crippen LogP contribution in [-0.2, 0) is 11.4 Å². The number of rotatable bonds is 9. The lowest BCUT2D eigenvalue weighted by molar-refractivity contribution is -0.133. The van der Waals surface area contributed by atoms with Crippen LogP contribution in [0.5, 0.6) is 5.75 Å². The molecule has 0 fully saturated rings. The highest BCUT2D eigenvalue weighted by atomic mass is 32.2. The third-order valence-corrected chi connectivity index (χ3v) is 3.74. The average Bonchev–Trinajstić information content (AvgIpc) is 2.98. The predicted octanol–water partition coefficient (Wildman–Crippen LogP) is 1.50. The minimum Gasteiger partial charge on any atom is -0.485 e. The molecule has 24 heavy (non-hydrogen) atoms. The number of aliphatic carboxylic acids is 1. The number of nitrogens with zero attached hydrogens (tertiary/aromatic N) is 2. The maximum absolute atomic E-state index is 12.0. The molecule has 1 aromatic carbocycles. The van der Waals surface area contributed by atoms with Crippen LogP contribution in [0.4, 0.5) is 0 Å². The molecule has 0 aliphatic heterocycles. The van der Waals surface area contributed by atoms with Gasteiger partial charge in [0.1, 0.15) is 5.75 Å². The van der Waals surface area contributed by atoms with Gasteiger partial charge in [0.05, 0.1) is 5.75 Å². The second kappa shape index (κ2) is 8.92. The van der Waals surface area contributed by atoms with Crippen molar-refractivity contribution in [3.63, 3.8) is 0 Å². The first-order chi connectivity index (χ1) is 11.5. The van der Waals surface area contributed by atoms with Gasteiger partial charge in [-0.2, -0.15) is 4.98 Å². The zero-order valence-corrected chi connectivity index (χ0v) is 13.8. The van der Waals surface area contributed by atoms with Gasteiger partial charge in [-0.1, -0.05) is 11.2 Å². The van der Waals surface area contributed by atoms with Crippen LogP contribution in [0, 0.1) is 6.92 Å². The molecule has 1 amide bonds. The monoisotopic (exact) mass is 351 g/mol. The molecular weight excluding hydrogens is 334 g/mol. The van der Waals surface area contributed by atoms with Gasteiger partial charge in [-0.25, -0.2) is 0 Å². The standard InChI is InChI=1S/C15H17N3O5S/c1-10-17-13(18-23-10)8-22-12-4-2-3-11(7-12)15(21)16-5-6-24-9-14(19)20/h2-4,7H,5-6,8-9H2,1H3,(H,16,21)(H,19,20). The predicted molar refractivity (Wildman–Crippen MR) is 87.1 cm³/mol. The van der Waals surface area contributed by atoms with E-state index in [-0.39, 0.29) is 18.3 Å². The smallest absolute Gasteiger partial charge is 0.313 e. The van der Waals surface area contributed by atoms with Crippen LogP contribution in [0.15, 0.2) is 28.8 Å².